The van der Waals surface area contributed by atoms with E-state index in [9.17, 15) is 4.79 Å². The number of carbonyl (C=O) groups excluding carboxylic acids is 1. The number of nitrogens with zero attached hydrogens (tertiary/aromatic N) is 3. The monoisotopic (exact) mass is 341 g/mol. The molecule has 0 aliphatic carbocycles. The summed E-state index contributed by atoms with van der Waals surface area (Å²) in [5.41, 5.74) is 3.58. The first-order chi connectivity index (χ1) is 11.6. The van der Waals surface area contributed by atoms with Gasteiger partial charge in [0.1, 0.15) is 6.61 Å². The third-order valence-electron chi connectivity index (χ3n) is 3.76. The summed E-state index contributed by atoms with van der Waals surface area (Å²) in [6, 6.07) is 15.0. The Bertz CT molecular complexity index is 889. The van der Waals surface area contributed by atoms with Crippen LogP contribution in [0.1, 0.15) is 27.3 Å². The van der Waals surface area contributed by atoms with E-state index in [-0.39, 0.29) is 12.3 Å². The van der Waals surface area contributed by atoms with Crippen molar-refractivity contribution in [3.8, 4) is 5.69 Å². The summed E-state index contributed by atoms with van der Waals surface area (Å²) in [5.74, 6) is -0.496. The molecule has 0 amide bonds. The zero-order valence-electron chi connectivity index (χ0n) is 13.4. The number of carbonyl (C=O) groups is 1. The zero-order chi connectivity index (χ0) is 17.1. The molecule has 0 bridgehead atoms. The van der Waals surface area contributed by atoms with Crippen LogP contribution in [0.3, 0.4) is 0 Å². The SMILES string of the molecule is Cc1ccccc1COC(=O)c1nnn(-c2cccc(Cl)c2)c1C. The molecule has 2 aromatic carbocycles. The molecule has 0 N–H and O–H groups in total. The average Bonchev–Trinajstić information content (AvgIpc) is 2.95. The predicted octanol–water partition coefficient (Wildman–Crippen LogP) is 3.89. The van der Waals surface area contributed by atoms with Crippen molar-refractivity contribution in [1.82, 2.24) is 15.0 Å². The topological polar surface area (TPSA) is 57.0 Å². The standard InChI is InChI=1S/C18H16ClN3O2/c1-12-6-3-4-7-14(12)11-24-18(23)17-13(2)22(21-20-17)16-9-5-8-15(19)10-16/h3-10H,11H2,1-2H3. The smallest absolute Gasteiger partial charge is 0.361 e. The Morgan fingerprint density at radius 1 is 1.17 bits per heavy atom. The summed E-state index contributed by atoms with van der Waals surface area (Å²) < 4.78 is 6.93. The molecule has 6 heteroatoms. The first kappa shape index (κ1) is 16.2. The summed E-state index contributed by atoms with van der Waals surface area (Å²) in [7, 11) is 0. The lowest BCUT2D eigenvalue weighted by molar-refractivity contribution is 0.0464. The minimum atomic E-state index is -0.496. The summed E-state index contributed by atoms with van der Waals surface area (Å²) in [5, 5.41) is 8.57. The van der Waals surface area contributed by atoms with Crippen molar-refractivity contribution >= 4 is 17.6 Å². The number of halogens is 1. The maximum Gasteiger partial charge on any atom is 0.361 e. The highest BCUT2D eigenvalue weighted by atomic mass is 35.5. The van der Waals surface area contributed by atoms with E-state index in [1.165, 1.54) is 0 Å². The van der Waals surface area contributed by atoms with Gasteiger partial charge in [-0.2, -0.15) is 0 Å². The summed E-state index contributed by atoms with van der Waals surface area (Å²) in [4.78, 5) is 12.3. The third kappa shape index (κ3) is 3.31. The maximum absolute atomic E-state index is 12.3. The molecule has 0 unspecified atom stereocenters. The molecule has 0 spiro atoms. The van der Waals surface area contributed by atoms with Crippen LogP contribution in [0.15, 0.2) is 48.5 Å². The van der Waals surface area contributed by atoms with Crippen molar-refractivity contribution in [3.63, 3.8) is 0 Å². The van der Waals surface area contributed by atoms with E-state index in [1.54, 1.807) is 23.7 Å². The van der Waals surface area contributed by atoms with Crippen LogP contribution in [0.2, 0.25) is 5.02 Å². The van der Waals surface area contributed by atoms with Crippen LogP contribution in [-0.4, -0.2) is 21.0 Å². The number of esters is 1. The minimum absolute atomic E-state index is 0.198. The Morgan fingerprint density at radius 2 is 1.96 bits per heavy atom. The lowest BCUT2D eigenvalue weighted by atomic mass is 10.1. The lowest BCUT2D eigenvalue weighted by Gasteiger charge is -2.07. The number of benzene rings is 2. The van der Waals surface area contributed by atoms with E-state index in [0.29, 0.717) is 10.7 Å². The summed E-state index contributed by atoms with van der Waals surface area (Å²) >= 11 is 6.00. The van der Waals surface area contributed by atoms with Gasteiger partial charge in [0.05, 0.1) is 11.4 Å². The molecule has 0 saturated carbocycles. The lowest BCUT2D eigenvalue weighted by Crippen LogP contribution is -2.09. The molecule has 24 heavy (non-hydrogen) atoms. The van der Waals surface area contributed by atoms with Gasteiger partial charge in [0.15, 0.2) is 5.69 Å². The highest BCUT2D eigenvalue weighted by Gasteiger charge is 2.19. The van der Waals surface area contributed by atoms with Gasteiger partial charge < -0.3 is 4.74 Å². The van der Waals surface area contributed by atoms with Gasteiger partial charge in [-0.25, -0.2) is 9.48 Å². The van der Waals surface area contributed by atoms with Crippen LogP contribution >= 0.6 is 11.6 Å². The van der Waals surface area contributed by atoms with E-state index < -0.39 is 5.97 Å². The summed E-state index contributed by atoms with van der Waals surface area (Å²) in [6.45, 7) is 3.95. The fourth-order valence-corrected chi connectivity index (χ4v) is 2.54. The van der Waals surface area contributed by atoms with E-state index in [0.717, 1.165) is 16.8 Å². The van der Waals surface area contributed by atoms with Crippen LogP contribution in [0, 0.1) is 13.8 Å². The van der Waals surface area contributed by atoms with Crippen molar-refractivity contribution in [2.24, 2.45) is 0 Å². The van der Waals surface area contributed by atoms with Crippen LogP contribution in [0.25, 0.3) is 5.69 Å². The Morgan fingerprint density at radius 3 is 2.71 bits per heavy atom. The molecule has 5 nitrogen and oxygen atoms in total. The Balaban J connectivity index is 1.78. The number of ether oxygens (including phenoxy) is 1. The maximum atomic E-state index is 12.3. The average molecular weight is 342 g/mol. The fourth-order valence-electron chi connectivity index (χ4n) is 2.35. The first-order valence-electron chi connectivity index (χ1n) is 7.46. The molecule has 1 heterocycles. The van der Waals surface area contributed by atoms with Crippen molar-refractivity contribution in [2.45, 2.75) is 20.5 Å². The highest BCUT2D eigenvalue weighted by Crippen LogP contribution is 2.17. The van der Waals surface area contributed by atoms with Gasteiger partial charge in [-0.05, 0) is 43.2 Å². The molecular weight excluding hydrogens is 326 g/mol. The van der Waals surface area contributed by atoms with Gasteiger partial charge in [0.25, 0.3) is 0 Å². The van der Waals surface area contributed by atoms with E-state index in [1.807, 2.05) is 43.3 Å². The molecule has 0 radical (unpaired) electrons. The first-order valence-corrected chi connectivity index (χ1v) is 7.84. The second-order valence-corrected chi connectivity index (χ2v) is 5.85. The molecular formula is C18H16ClN3O2. The second kappa shape index (κ2) is 6.84. The molecule has 0 saturated heterocycles. The van der Waals surface area contributed by atoms with E-state index >= 15 is 0 Å². The van der Waals surface area contributed by atoms with Crippen molar-refractivity contribution in [2.75, 3.05) is 0 Å². The molecule has 3 rings (SSSR count). The van der Waals surface area contributed by atoms with Crippen LogP contribution in [-0.2, 0) is 11.3 Å². The molecule has 122 valence electrons. The minimum Gasteiger partial charge on any atom is -0.456 e. The van der Waals surface area contributed by atoms with Crippen LogP contribution in [0.4, 0.5) is 0 Å². The largest absolute Gasteiger partial charge is 0.456 e. The fraction of sp³-hybridized carbons (Fsp3) is 0.167. The number of aromatic nitrogens is 3. The summed E-state index contributed by atoms with van der Waals surface area (Å²) in [6.07, 6.45) is 0. The van der Waals surface area contributed by atoms with Crippen molar-refractivity contribution in [3.05, 3.63) is 76.1 Å². The number of hydrogen-bond acceptors (Lipinski definition) is 4. The predicted molar refractivity (Wildman–Crippen MR) is 91.4 cm³/mol. The van der Waals surface area contributed by atoms with Gasteiger partial charge in [-0.3, -0.25) is 0 Å². The molecule has 0 aliphatic rings. The van der Waals surface area contributed by atoms with Gasteiger partial charge >= 0.3 is 5.97 Å². The Labute approximate surface area is 144 Å². The van der Waals surface area contributed by atoms with Crippen molar-refractivity contribution in [1.29, 1.82) is 0 Å². The number of aryl methyl sites for hydroxylation is 1. The second-order valence-electron chi connectivity index (χ2n) is 5.42. The van der Waals surface area contributed by atoms with Crippen LogP contribution < -0.4 is 0 Å². The number of hydrogen-bond donors (Lipinski definition) is 0. The van der Waals surface area contributed by atoms with E-state index in [4.69, 9.17) is 16.3 Å². The van der Waals surface area contributed by atoms with Gasteiger partial charge in [0, 0.05) is 5.02 Å². The van der Waals surface area contributed by atoms with E-state index in [2.05, 4.69) is 10.3 Å². The Hall–Kier alpha value is -2.66. The normalized spacial score (nSPS) is 10.6. The molecule has 0 fully saturated rings. The third-order valence-corrected chi connectivity index (χ3v) is 4.00. The van der Waals surface area contributed by atoms with Crippen molar-refractivity contribution < 1.29 is 9.53 Å². The highest BCUT2D eigenvalue weighted by molar-refractivity contribution is 6.30. The van der Waals surface area contributed by atoms with Gasteiger partial charge in [-0.1, -0.05) is 47.1 Å². The zero-order valence-corrected chi connectivity index (χ0v) is 14.1. The molecule has 1 aromatic heterocycles. The quantitative estimate of drug-likeness (QED) is 0.675. The molecule has 0 aliphatic heterocycles. The molecule has 3 aromatic rings. The van der Waals surface area contributed by atoms with Crippen LogP contribution in [0.5, 0.6) is 0 Å². The van der Waals surface area contributed by atoms with Gasteiger partial charge in [0.2, 0.25) is 0 Å². The number of rotatable bonds is 4. The molecule has 0 atom stereocenters. The Kier molecular flexibility index (Phi) is 4.62. The van der Waals surface area contributed by atoms with Gasteiger partial charge in [-0.15, -0.1) is 5.10 Å².